The Labute approximate surface area is 184 Å². The molecule has 0 unspecified atom stereocenters. The van der Waals surface area contributed by atoms with Gasteiger partial charge in [0.25, 0.3) is 0 Å². The van der Waals surface area contributed by atoms with Crippen LogP contribution in [0.5, 0.6) is 11.5 Å². The van der Waals surface area contributed by atoms with Gasteiger partial charge in [0.2, 0.25) is 6.79 Å². The molecule has 0 spiro atoms. The largest absolute Gasteiger partial charge is 0.454 e. The van der Waals surface area contributed by atoms with Gasteiger partial charge in [0.1, 0.15) is 5.69 Å². The molecule has 2 aromatic heterocycles. The van der Waals surface area contributed by atoms with E-state index >= 15 is 0 Å². The van der Waals surface area contributed by atoms with Crippen molar-refractivity contribution in [3.05, 3.63) is 77.1 Å². The SMILES string of the molecule is Cc1nc(NCc2ccc3c(c2)OCO3)sc1-c1ccn(C2Cc3ccccc3C2)n1. The molecule has 1 aliphatic heterocycles. The molecule has 3 heterocycles. The second kappa shape index (κ2) is 7.42. The molecule has 156 valence electrons. The van der Waals surface area contributed by atoms with Crippen LogP contribution in [0.2, 0.25) is 0 Å². The van der Waals surface area contributed by atoms with Crippen molar-refractivity contribution in [2.24, 2.45) is 0 Å². The summed E-state index contributed by atoms with van der Waals surface area (Å²) in [5, 5.41) is 9.24. The fourth-order valence-electron chi connectivity index (χ4n) is 4.32. The Morgan fingerprint density at radius 3 is 2.71 bits per heavy atom. The number of rotatable bonds is 5. The first-order chi connectivity index (χ1) is 15.2. The molecule has 0 amide bonds. The lowest BCUT2D eigenvalue weighted by atomic mass is 10.1. The number of fused-ring (bicyclic) bond motifs is 2. The number of thiazole rings is 1. The Morgan fingerprint density at radius 2 is 1.87 bits per heavy atom. The van der Waals surface area contributed by atoms with E-state index in [0.29, 0.717) is 19.4 Å². The zero-order valence-electron chi connectivity index (χ0n) is 17.2. The quantitative estimate of drug-likeness (QED) is 0.483. The third-order valence-corrected chi connectivity index (χ3v) is 7.06. The summed E-state index contributed by atoms with van der Waals surface area (Å²) in [7, 11) is 0. The van der Waals surface area contributed by atoms with Crippen LogP contribution in [0.3, 0.4) is 0 Å². The maximum atomic E-state index is 5.46. The highest BCUT2D eigenvalue weighted by Crippen LogP contribution is 2.35. The van der Waals surface area contributed by atoms with Crippen LogP contribution in [0, 0.1) is 6.92 Å². The van der Waals surface area contributed by atoms with Gasteiger partial charge in [0.05, 0.1) is 16.6 Å². The normalized spacial score (nSPS) is 14.7. The van der Waals surface area contributed by atoms with Crippen LogP contribution in [0.15, 0.2) is 54.7 Å². The number of aryl methyl sites for hydroxylation is 1. The minimum Gasteiger partial charge on any atom is -0.454 e. The Balaban J connectivity index is 1.16. The molecule has 6 nitrogen and oxygen atoms in total. The molecule has 4 aromatic rings. The van der Waals surface area contributed by atoms with Crippen molar-refractivity contribution in [1.29, 1.82) is 0 Å². The zero-order chi connectivity index (χ0) is 20.8. The maximum Gasteiger partial charge on any atom is 0.231 e. The third kappa shape index (κ3) is 3.45. The maximum absolute atomic E-state index is 5.46. The minimum absolute atomic E-state index is 0.293. The smallest absolute Gasteiger partial charge is 0.231 e. The van der Waals surface area contributed by atoms with Crippen LogP contribution < -0.4 is 14.8 Å². The summed E-state index contributed by atoms with van der Waals surface area (Å²) in [6.45, 7) is 3.01. The molecule has 31 heavy (non-hydrogen) atoms. The summed E-state index contributed by atoms with van der Waals surface area (Å²) in [4.78, 5) is 5.83. The second-order valence-electron chi connectivity index (χ2n) is 7.99. The molecule has 0 radical (unpaired) electrons. The molecule has 0 fully saturated rings. The lowest BCUT2D eigenvalue weighted by Gasteiger charge is -2.09. The number of hydrogen-bond donors (Lipinski definition) is 1. The third-order valence-electron chi connectivity index (χ3n) is 5.92. The van der Waals surface area contributed by atoms with Gasteiger partial charge in [-0.05, 0) is 54.7 Å². The zero-order valence-corrected chi connectivity index (χ0v) is 18.0. The van der Waals surface area contributed by atoms with Crippen LogP contribution in [0.25, 0.3) is 10.6 Å². The van der Waals surface area contributed by atoms with Crippen LogP contribution in [0.4, 0.5) is 5.13 Å². The van der Waals surface area contributed by atoms with E-state index in [4.69, 9.17) is 19.6 Å². The molecule has 2 aliphatic rings. The molecule has 0 bridgehead atoms. The lowest BCUT2D eigenvalue weighted by Crippen LogP contribution is -2.09. The summed E-state index contributed by atoms with van der Waals surface area (Å²) in [5.41, 5.74) is 5.99. The Bertz CT molecular complexity index is 1240. The fraction of sp³-hybridized carbons (Fsp3) is 0.250. The van der Waals surface area contributed by atoms with E-state index in [-0.39, 0.29) is 0 Å². The van der Waals surface area contributed by atoms with E-state index in [0.717, 1.165) is 51.3 Å². The molecule has 1 aliphatic carbocycles. The van der Waals surface area contributed by atoms with Crippen molar-refractivity contribution < 1.29 is 9.47 Å². The van der Waals surface area contributed by atoms with Gasteiger partial charge >= 0.3 is 0 Å². The molecule has 1 N–H and O–H groups in total. The summed E-state index contributed by atoms with van der Waals surface area (Å²) in [6, 6.07) is 17.2. The Kier molecular flexibility index (Phi) is 4.42. The molecule has 0 saturated carbocycles. The number of ether oxygens (including phenoxy) is 2. The highest BCUT2D eigenvalue weighted by Gasteiger charge is 2.24. The number of hydrogen-bond acceptors (Lipinski definition) is 6. The number of anilines is 1. The molecular weight excluding hydrogens is 408 g/mol. The van der Waals surface area contributed by atoms with Gasteiger partial charge in [-0.2, -0.15) is 5.10 Å². The van der Waals surface area contributed by atoms with Crippen molar-refractivity contribution in [3.63, 3.8) is 0 Å². The molecular formula is C24H22N4O2S. The van der Waals surface area contributed by atoms with Gasteiger partial charge in [-0.15, -0.1) is 0 Å². The van der Waals surface area contributed by atoms with Crippen molar-refractivity contribution >= 4 is 16.5 Å². The average molecular weight is 431 g/mol. The molecule has 0 saturated heterocycles. The van der Waals surface area contributed by atoms with Crippen molar-refractivity contribution in [3.8, 4) is 22.1 Å². The van der Waals surface area contributed by atoms with E-state index in [1.54, 1.807) is 11.3 Å². The van der Waals surface area contributed by atoms with Crippen LogP contribution in [-0.4, -0.2) is 21.6 Å². The summed E-state index contributed by atoms with van der Waals surface area (Å²) in [5.74, 6) is 1.60. The predicted octanol–water partition coefficient (Wildman–Crippen LogP) is 5.00. The minimum atomic E-state index is 0.293. The number of nitrogens with one attached hydrogen (secondary N) is 1. The standard InChI is InChI=1S/C24H22N4O2S/c1-15-23(20-8-9-28(27-20)19-11-17-4-2-3-5-18(17)12-19)31-24(26-15)25-13-16-6-7-21-22(10-16)30-14-29-21/h2-10,19H,11-14H2,1H3,(H,25,26). The predicted molar refractivity (Wildman–Crippen MR) is 121 cm³/mol. The number of nitrogens with zero attached hydrogens (tertiary/aromatic N) is 3. The monoisotopic (exact) mass is 430 g/mol. The van der Waals surface area contributed by atoms with Gasteiger partial charge in [-0.1, -0.05) is 41.7 Å². The van der Waals surface area contributed by atoms with E-state index in [2.05, 4.69) is 46.5 Å². The van der Waals surface area contributed by atoms with Gasteiger partial charge in [0.15, 0.2) is 16.6 Å². The number of aromatic nitrogens is 3. The Morgan fingerprint density at radius 1 is 1.06 bits per heavy atom. The average Bonchev–Trinajstić information content (AvgIpc) is 3.56. The first kappa shape index (κ1) is 18.4. The van der Waals surface area contributed by atoms with Crippen molar-refractivity contribution in [2.45, 2.75) is 32.4 Å². The lowest BCUT2D eigenvalue weighted by molar-refractivity contribution is 0.174. The fourth-order valence-corrected chi connectivity index (χ4v) is 5.25. The van der Waals surface area contributed by atoms with E-state index in [1.165, 1.54) is 11.1 Å². The van der Waals surface area contributed by atoms with Crippen LogP contribution in [0.1, 0.15) is 28.4 Å². The number of benzene rings is 2. The summed E-state index contributed by atoms with van der Waals surface area (Å²) in [6.07, 6.45) is 4.19. The van der Waals surface area contributed by atoms with E-state index < -0.39 is 0 Å². The van der Waals surface area contributed by atoms with Gasteiger partial charge < -0.3 is 14.8 Å². The van der Waals surface area contributed by atoms with Gasteiger partial charge in [-0.25, -0.2) is 4.98 Å². The molecule has 2 aromatic carbocycles. The van der Waals surface area contributed by atoms with E-state index in [1.807, 2.05) is 25.1 Å². The highest BCUT2D eigenvalue weighted by molar-refractivity contribution is 7.19. The van der Waals surface area contributed by atoms with Crippen LogP contribution in [-0.2, 0) is 19.4 Å². The first-order valence-electron chi connectivity index (χ1n) is 10.4. The molecule has 6 rings (SSSR count). The highest BCUT2D eigenvalue weighted by atomic mass is 32.1. The summed E-state index contributed by atoms with van der Waals surface area (Å²) >= 11 is 1.65. The molecule has 0 atom stereocenters. The summed E-state index contributed by atoms with van der Waals surface area (Å²) < 4.78 is 13.0. The van der Waals surface area contributed by atoms with Gasteiger partial charge in [0, 0.05) is 12.7 Å². The Hall–Kier alpha value is -3.32. The first-order valence-corrected chi connectivity index (χ1v) is 11.3. The van der Waals surface area contributed by atoms with Crippen molar-refractivity contribution in [1.82, 2.24) is 14.8 Å². The van der Waals surface area contributed by atoms with E-state index in [9.17, 15) is 0 Å². The topological polar surface area (TPSA) is 61.2 Å². The second-order valence-corrected chi connectivity index (χ2v) is 8.99. The van der Waals surface area contributed by atoms with Crippen LogP contribution >= 0.6 is 11.3 Å². The van der Waals surface area contributed by atoms with Gasteiger partial charge in [-0.3, -0.25) is 4.68 Å². The van der Waals surface area contributed by atoms with Crippen molar-refractivity contribution in [2.75, 3.05) is 12.1 Å². The molecule has 7 heteroatoms.